The maximum Gasteiger partial charge on any atom is 0.252 e. The molecule has 0 spiro atoms. The third-order valence-corrected chi connectivity index (χ3v) is 4.56. The van der Waals surface area contributed by atoms with Gasteiger partial charge in [0, 0.05) is 37.5 Å². The third-order valence-electron chi connectivity index (χ3n) is 4.56. The zero-order chi connectivity index (χ0) is 17.5. The fourth-order valence-electron chi connectivity index (χ4n) is 3.34. The van der Waals surface area contributed by atoms with Crippen molar-refractivity contribution in [2.75, 3.05) is 6.54 Å². The van der Waals surface area contributed by atoms with Gasteiger partial charge in [-0.3, -0.25) is 14.3 Å². The van der Waals surface area contributed by atoms with Gasteiger partial charge in [-0.25, -0.2) is 8.78 Å². The number of amides is 2. The van der Waals surface area contributed by atoms with Crippen LogP contribution in [0.1, 0.15) is 44.8 Å². The number of hydrogen-bond donors (Lipinski definition) is 1. The van der Waals surface area contributed by atoms with E-state index < -0.39 is 12.0 Å². The molecule has 1 unspecified atom stereocenters. The predicted octanol–water partition coefficient (Wildman–Crippen LogP) is 1.73. The van der Waals surface area contributed by atoms with E-state index in [1.54, 1.807) is 15.8 Å². The van der Waals surface area contributed by atoms with Crippen molar-refractivity contribution in [2.24, 2.45) is 5.92 Å². The van der Waals surface area contributed by atoms with Crippen LogP contribution in [-0.4, -0.2) is 45.0 Å². The van der Waals surface area contributed by atoms with Gasteiger partial charge in [-0.2, -0.15) is 5.10 Å². The SMILES string of the molecule is CC(C)C(=O)N1Cc2ccnn2C(CC(=O)NC2CC(F)(F)C2)C1. The predicted molar refractivity (Wildman–Crippen MR) is 82.2 cm³/mol. The minimum Gasteiger partial charge on any atom is -0.353 e. The van der Waals surface area contributed by atoms with Gasteiger partial charge in [-0.1, -0.05) is 13.8 Å². The van der Waals surface area contributed by atoms with E-state index in [9.17, 15) is 18.4 Å². The van der Waals surface area contributed by atoms with Gasteiger partial charge >= 0.3 is 0 Å². The molecule has 1 aromatic heterocycles. The van der Waals surface area contributed by atoms with E-state index in [2.05, 4.69) is 10.4 Å². The molecule has 8 heteroatoms. The second-order valence-corrected chi connectivity index (χ2v) is 7.03. The topological polar surface area (TPSA) is 67.2 Å². The Morgan fingerprint density at radius 1 is 1.42 bits per heavy atom. The lowest BCUT2D eigenvalue weighted by molar-refractivity contribution is -0.138. The number of fused-ring (bicyclic) bond motifs is 1. The van der Waals surface area contributed by atoms with E-state index in [-0.39, 0.29) is 43.0 Å². The van der Waals surface area contributed by atoms with Crippen LogP contribution in [-0.2, 0) is 16.1 Å². The summed E-state index contributed by atoms with van der Waals surface area (Å²) in [5.41, 5.74) is 0.878. The molecule has 1 fully saturated rings. The zero-order valence-corrected chi connectivity index (χ0v) is 13.8. The molecule has 2 aliphatic rings. The molecule has 2 amide bonds. The fourth-order valence-corrected chi connectivity index (χ4v) is 3.34. The number of rotatable bonds is 4. The molecule has 0 saturated heterocycles. The highest BCUT2D eigenvalue weighted by atomic mass is 19.3. The molecule has 1 saturated carbocycles. The summed E-state index contributed by atoms with van der Waals surface area (Å²) in [5.74, 6) is -3.02. The first kappa shape index (κ1) is 16.9. The van der Waals surface area contributed by atoms with Crippen molar-refractivity contribution in [1.82, 2.24) is 20.0 Å². The molecule has 3 rings (SSSR count). The van der Waals surface area contributed by atoms with E-state index in [4.69, 9.17) is 0 Å². The summed E-state index contributed by atoms with van der Waals surface area (Å²) in [4.78, 5) is 26.2. The van der Waals surface area contributed by atoms with Crippen LogP contribution < -0.4 is 5.32 Å². The van der Waals surface area contributed by atoms with E-state index in [0.717, 1.165) is 5.69 Å². The lowest BCUT2D eigenvalue weighted by atomic mass is 9.88. The summed E-state index contributed by atoms with van der Waals surface area (Å²) in [7, 11) is 0. The van der Waals surface area contributed by atoms with Gasteiger partial charge in [0.25, 0.3) is 5.92 Å². The molecular weight excluding hydrogens is 318 g/mol. The van der Waals surface area contributed by atoms with E-state index in [1.807, 2.05) is 19.9 Å². The highest BCUT2D eigenvalue weighted by molar-refractivity contribution is 5.79. The largest absolute Gasteiger partial charge is 0.353 e. The molecule has 0 aromatic carbocycles. The minimum atomic E-state index is -2.65. The Morgan fingerprint density at radius 3 is 2.75 bits per heavy atom. The molecule has 1 aliphatic carbocycles. The van der Waals surface area contributed by atoms with Gasteiger partial charge in [-0.15, -0.1) is 0 Å². The second-order valence-electron chi connectivity index (χ2n) is 7.03. The van der Waals surface area contributed by atoms with Crippen molar-refractivity contribution in [1.29, 1.82) is 0 Å². The lowest BCUT2D eigenvalue weighted by Crippen LogP contribution is -2.51. The average molecular weight is 340 g/mol. The quantitative estimate of drug-likeness (QED) is 0.908. The van der Waals surface area contributed by atoms with Crippen molar-refractivity contribution >= 4 is 11.8 Å². The molecule has 24 heavy (non-hydrogen) atoms. The maximum atomic E-state index is 12.9. The van der Waals surface area contributed by atoms with Gasteiger partial charge in [-0.05, 0) is 6.07 Å². The Hall–Kier alpha value is -1.99. The number of carbonyl (C=O) groups is 2. The Kier molecular flexibility index (Phi) is 4.31. The number of hydrogen-bond acceptors (Lipinski definition) is 3. The van der Waals surface area contributed by atoms with Gasteiger partial charge in [0.2, 0.25) is 11.8 Å². The summed E-state index contributed by atoms with van der Waals surface area (Å²) < 4.78 is 27.5. The van der Waals surface area contributed by atoms with Gasteiger partial charge in [0.05, 0.1) is 24.7 Å². The minimum absolute atomic E-state index is 0.0338. The summed E-state index contributed by atoms with van der Waals surface area (Å²) >= 11 is 0. The fraction of sp³-hybridized carbons (Fsp3) is 0.688. The maximum absolute atomic E-state index is 12.9. The smallest absolute Gasteiger partial charge is 0.252 e. The highest BCUT2D eigenvalue weighted by Crippen LogP contribution is 2.37. The highest BCUT2D eigenvalue weighted by Gasteiger charge is 2.46. The van der Waals surface area contributed by atoms with Crippen molar-refractivity contribution in [2.45, 2.75) is 57.7 Å². The Balaban J connectivity index is 1.64. The van der Waals surface area contributed by atoms with Gasteiger partial charge < -0.3 is 10.2 Å². The molecule has 0 bridgehead atoms. The molecule has 1 N–H and O–H groups in total. The first-order valence-corrected chi connectivity index (χ1v) is 8.23. The molecule has 132 valence electrons. The van der Waals surface area contributed by atoms with E-state index >= 15 is 0 Å². The van der Waals surface area contributed by atoms with Crippen LogP contribution in [0, 0.1) is 5.92 Å². The molecule has 1 aromatic rings. The van der Waals surface area contributed by atoms with Crippen LogP contribution in [0.25, 0.3) is 0 Å². The lowest BCUT2D eigenvalue weighted by Gasteiger charge is -2.37. The molecule has 1 aliphatic heterocycles. The van der Waals surface area contributed by atoms with Crippen LogP contribution in [0.4, 0.5) is 8.78 Å². The van der Waals surface area contributed by atoms with Crippen LogP contribution in [0.3, 0.4) is 0 Å². The van der Waals surface area contributed by atoms with Crippen molar-refractivity contribution in [3.63, 3.8) is 0 Å². The molecule has 0 radical (unpaired) electrons. The molecule has 2 heterocycles. The van der Waals surface area contributed by atoms with Crippen LogP contribution in [0.15, 0.2) is 12.3 Å². The number of nitrogens with one attached hydrogen (secondary N) is 1. The number of aromatic nitrogens is 2. The number of alkyl halides is 2. The van der Waals surface area contributed by atoms with E-state index in [1.165, 1.54) is 0 Å². The Bertz CT molecular complexity index is 636. The number of carbonyl (C=O) groups excluding carboxylic acids is 2. The van der Waals surface area contributed by atoms with Crippen LogP contribution in [0.2, 0.25) is 0 Å². The van der Waals surface area contributed by atoms with Crippen LogP contribution in [0.5, 0.6) is 0 Å². The average Bonchev–Trinajstić information content (AvgIpc) is 2.92. The standard InChI is InChI=1S/C16H22F2N4O2/c1-10(2)15(24)21-8-12-3-4-19-22(12)13(9-21)5-14(23)20-11-6-16(17,18)7-11/h3-4,10-11,13H,5-9H2,1-2H3,(H,20,23). The summed E-state index contributed by atoms with van der Waals surface area (Å²) in [6.07, 6.45) is 1.18. The van der Waals surface area contributed by atoms with Crippen molar-refractivity contribution < 1.29 is 18.4 Å². The zero-order valence-electron chi connectivity index (χ0n) is 13.8. The summed E-state index contributed by atoms with van der Waals surface area (Å²) in [6, 6.07) is 1.10. The first-order chi connectivity index (χ1) is 11.2. The monoisotopic (exact) mass is 340 g/mol. The summed E-state index contributed by atoms with van der Waals surface area (Å²) in [6.45, 7) is 4.56. The van der Waals surface area contributed by atoms with Crippen molar-refractivity contribution in [3.8, 4) is 0 Å². The molecule has 6 nitrogen and oxygen atoms in total. The molecular formula is C16H22F2N4O2. The Labute approximate surface area is 139 Å². The van der Waals surface area contributed by atoms with Crippen molar-refractivity contribution in [3.05, 3.63) is 18.0 Å². The number of halogens is 2. The Morgan fingerprint density at radius 2 is 2.12 bits per heavy atom. The van der Waals surface area contributed by atoms with Gasteiger partial charge in [0.15, 0.2) is 0 Å². The normalized spacial score (nSPS) is 22.9. The number of nitrogens with zero attached hydrogens (tertiary/aromatic N) is 3. The molecule has 1 atom stereocenters. The second kappa shape index (κ2) is 6.14. The van der Waals surface area contributed by atoms with E-state index in [0.29, 0.717) is 13.1 Å². The summed E-state index contributed by atoms with van der Waals surface area (Å²) in [5, 5.41) is 6.89. The van der Waals surface area contributed by atoms with Gasteiger partial charge in [0.1, 0.15) is 0 Å². The first-order valence-electron chi connectivity index (χ1n) is 8.23. The van der Waals surface area contributed by atoms with Crippen LogP contribution >= 0.6 is 0 Å². The third kappa shape index (κ3) is 3.42.